The molecule has 0 aliphatic heterocycles. The third-order valence-electron chi connectivity index (χ3n) is 3.70. The van der Waals surface area contributed by atoms with Gasteiger partial charge in [-0.15, -0.1) is 0 Å². The van der Waals surface area contributed by atoms with Gasteiger partial charge in [0.15, 0.2) is 0 Å². The summed E-state index contributed by atoms with van der Waals surface area (Å²) in [4.78, 5) is 24.2. The molecule has 0 saturated carbocycles. The van der Waals surface area contributed by atoms with Crippen molar-refractivity contribution in [2.45, 2.75) is 32.0 Å². The Bertz CT molecular complexity index is 659. The van der Waals surface area contributed by atoms with Crippen molar-refractivity contribution in [3.8, 4) is 0 Å². The molecule has 1 unspecified atom stereocenters. The number of hydrogen-bond donors (Lipinski definition) is 3. The number of rotatable bonds is 7. The molecule has 0 saturated heterocycles. The summed E-state index contributed by atoms with van der Waals surface area (Å²) >= 11 is 0. The lowest BCUT2D eigenvalue weighted by Gasteiger charge is -2.17. The number of benzene rings is 2. The first-order valence-electron chi connectivity index (χ1n) is 7.98. The van der Waals surface area contributed by atoms with Crippen molar-refractivity contribution >= 4 is 11.8 Å². The van der Waals surface area contributed by atoms with Crippen LogP contribution in [-0.4, -0.2) is 23.9 Å². The zero-order valence-corrected chi connectivity index (χ0v) is 13.7. The first-order valence-corrected chi connectivity index (χ1v) is 7.98. The van der Waals surface area contributed by atoms with E-state index in [4.69, 9.17) is 5.73 Å². The average Bonchev–Trinajstić information content (AvgIpc) is 2.61. The molecule has 5 nitrogen and oxygen atoms in total. The van der Waals surface area contributed by atoms with Crippen molar-refractivity contribution in [2.24, 2.45) is 5.73 Å². The zero-order valence-electron chi connectivity index (χ0n) is 13.7. The van der Waals surface area contributed by atoms with Gasteiger partial charge in [0, 0.05) is 6.54 Å². The molecule has 4 N–H and O–H groups in total. The lowest BCUT2D eigenvalue weighted by atomic mass is 10.1. The molecule has 0 fully saturated rings. The van der Waals surface area contributed by atoms with E-state index in [-0.39, 0.29) is 11.8 Å². The fourth-order valence-corrected chi connectivity index (χ4v) is 2.28. The molecular formula is C19H23N3O2. The van der Waals surface area contributed by atoms with Gasteiger partial charge < -0.3 is 16.4 Å². The Kier molecular flexibility index (Phi) is 6.51. The molecule has 0 aliphatic rings. The molecule has 0 heterocycles. The Morgan fingerprint density at radius 3 is 2.04 bits per heavy atom. The molecule has 2 rings (SSSR count). The van der Waals surface area contributed by atoms with Crippen LogP contribution in [0.2, 0.25) is 0 Å². The van der Waals surface area contributed by atoms with Crippen LogP contribution in [0.5, 0.6) is 0 Å². The topological polar surface area (TPSA) is 84.2 Å². The van der Waals surface area contributed by atoms with Crippen LogP contribution < -0.4 is 16.4 Å². The summed E-state index contributed by atoms with van der Waals surface area (Å²) in [7, 11) is 0. The van der Waals surface area contributed by atoms with Crippen LogP contribution >= 0.6 is 0 Å². The third-order valence-corrected chi connectivity index (χ3v) is 3.70. The SMILES string of the molecule is CC(NC(=O)[C@@H](N)Cc1ccccc1)C(=O)NCc1ccccc1. The predicted molar refractivity (Wildman–Crippen MR) is 94.0 cm³/mol. The molecule has 0 radical (unpaired) electrons. The van der Waals surface area contributed by atoms with Gasteiger partial charge in [-0.05, 0) is 24.5 Å². The largest absolute Gasteiger partial charge is 0.350 e. The minimum Gasteiger partial charge on any atom is -0.350 e. The van der Waals surface area contributed by atoms with Crippen molar-refractivity contribution in [1.82, 2.24) is 10.6 Å². The second-order valence-corrected chi connectivity index (χ2v) is 5.73. The molecule has 5 heteroatoms. The third kappa shape index (κ3) is 5.52. The smallest absolute Gasteiger partial charge is 0.242 e. The van der Waals surface area contributed by atoms with E-state index in [1.54, 1.807) is 6.92 Å². The van der Waals surface area contributed by atoms with Gasteiger partial charge >= 0.3 is 0 Å². The maximum Gasteiger partial charge on any atom is 0.242 e. The number of nitrogens with one attached hydrogen (secondary N) is 2. The minimum atomic E-state index is -0.684. The number of hydrogen-bond acceptors (Lipinski definition) is 3. The second kappa shape index (κ2) is 8.84. The van der Waals surface area contributed by atoms with Gasteiger partial charge in [-0.3, -0.25) is 9.59 Å². The van der Waals surface area contributed by atoms with Crippen LogP contribution in [0, 0.1) is 0 Å². The molecule has 2 atom stereocenters. The Labute approximate surface area is 142 Å². The highest BCUT2D eigenvalue weighted by atomic mass is 16.2. The molecule has 24 heavy (non-hydrogen) atoms. The van der Waals surface area contributed by atoms with E-state index in [0.717, 1.165) is 11.1 Å². The van der Waals surface area contributed by atoms with Crippen LogP contribution in [0.15, 0.2) is 60.7 Å². The molecule has 0 aromatic heterocycles. The Balaban J connectivity index is 1.78. The lowest BCUT2D eigenvalue weighted by molar-refractivity contribution is -0.129. The summed E-state index contributed by atoms with van der Waals surface area (Å²) < 4.78 is 0. The number of amides is 2. The summed E-state index contributed by atoms with van der Waals surface area (Å²) in [6, 6.07) is 17.8. The fraction of sp³-hybridized carbons (Fsp3) is 0.263. The highest BCUT2D eigenvalue weighted by Gasteiger charge is 2.20. The standard InChI is InChI=1S/C19H23N3O2/c1-14(18(23)21-13-16-10-6-3-7-11-16)22-19(24)17(20)12-15-8-4-2-5-9-15/h2-11,14,17H,12-13,20H2,1H3,(H,21,23)(H,22,24)/t14?,17-/m0/s1. The van der Waals surface area contributed by atoms with Gasteiger partial charge in [-0.25, -0.2) is 0 Å². The Hall–Kier alpha value is -2.66. The van der Waals surface area contributed by atoms with Gasteiger partial charge in [0.25, 0.3) is 0 Å². The summed E-state index contributed by atoms with van der Waals surface area (Å²) in [5, 5.41) is 5.46. The monoisotopic (exact) mass is 325 g/mol. The van der Waals surface area contributed by atoms with Crippen LogP contribution in [0.25, 0.3) is 0 Å². The molecule has 2 aromatic rings. The van der Waals surface area contributed by atoms with E-state index in [1.807, 2.05) is 60.7 Å². The van der Waals surface area contributed by atoms with Gasteiger partial charge in [0.2, 0.25) is 11.8 Å². The van der Waals surface area contributed by atoms with Crippen LogP contribution in [-0.2, 0) is 22.6 Å². The van der Waals surface area contributed by atoms with Gasteiger partial charge in [-0.1, -0.05) is 60.7 Å². The predicted octanol–water partition coefficient (Wildman–Crippen LogP) is 1.38. The second-order valence-electron chi connectivity index (χ2n) is 5.73. The molecule has 2 amide bonds. The van der Waals surface area contributed by atoms with Crippen LogP contribution in [0.4, 0.5) is 0 Å². The molecule has 0 spiro atoms. The summed E-state index contributed by atoms with van der Waals surface area (Å²) in [5.41, 5.74) is 7.91. The summed E-state index contributed by atoms with van der Waals surface area (Å²) in [6.07, 6.45) is 0.436. The molecular weight excluding hydrogens is 302 g/mol. The van der Waals surface area contributed by atoms with Gasteiger partial charge in [0.05, 0.1) is 6.04 Å². The normalized spacial score (nSPS) is 12.9. The van der Waals surface area contributed by atoms with Crippen molar-refractivity contribution < 1.29 is 9.59 Å². The number of carbonyl (C=O) groups excluding carboxylic acids is 2. The van der Waals surface area contributed by atoms with Gasteiger partial charge in [-0.2, -0.15) is 0 Å². The molecule has 126 valence electrons. The molecule has 0 aliphatic carbocycles. The highest BCUT2D eigenvalue weighted by molar-refractivity contribution is 5.89. The first kappa shape index (κ1) is 17.7. The van der Waals surface area contributed by atoms with Crippen molar-refractivity contribution in [3.05, 3.63) is 71.8 Å². The molecule has 2 aromatic carbocycles. The van der Waals surface area contributed by atoms with Gasteiger partial charge in [0.1, 0.15) is 6.04 Å². The number of carbonyl (C=O) groups is 2. The van der Waals surface area contributed by atoms with E-state index in [0.29, 0.717) is 13.0 Å². The fourth-order valence-electron chi connectivity index (χ4n) is 2.28. The number of nitrogens with two attached hydrogens (primary N) is 1. The highest BCUT2D eigenvalue weighted by Crippen LogP contribution is 2.02. The summed E-state index contributed by atoms with van der Waals surface area (Å²) in [5.74, 6) is -0.569. The summed E-state index contributed by atoms with van der Waals surface area (Å²) in [6.45, 7) is 2.07. The lowest BCUT2D eigenvalue weighted by Crippen LogP contribution is -2.50. The Morgan fingerprint density at radius 2 is 1.46 bits per heavy atom. The first-order chi connectivity index (χ1) is 11.6. The average molecular weight is 325 g/mol. The maximum absolute atomic E-state index is 12.1. The van der Waals surface area contributed by atoms with Crippen LogP contribution in [0.1, 0.15) is 18.1 Å². The van der Waals surface area contributed by atoms with Crippen molar-refractivity contribution in [3.63, 3.8) is 0 Å². The van der Waals surface area contributed by atoms with Crippen molar-refractivity contribution in [1.29, 1.82) is 0 Å². The van der Waals surface area contributed by atoms with E-state index in [2.05, 4.69) is 10.6 Å². The van der Waals surface area contributed by atoms with Crippen molar-refractivity contribution in [2.75, 3.05) is 0 Å². The quantitative estimate of drug-likeness (QED) is 0.719. The maximum atomic E-state index is 12.1. The van der Waals surface area contributed by atoms with E-state index >= 15 is 0 Å². The Morgan fingerprint density at radius 1 is 0.917 bits per heavy atom. The molecule has 0 bridgehead atoms. The zero-order chi connectivity index (χ0) is 17.4. The van der Waals surface area contributed by atoms with E-state index in [1.165, 1.54) is 0 Å². The van der Waals surface area contributed by atoms with E-state index < -0.39 is 12.1 Å². The minimum absolute atomic E-state index is 0.237. The van der Waals surface area contributed by atoms with Crippen LogP contribution in [0.3, 0.4) is 0 Å². The van der Waals surface area contributed by atoms with E-state index in [9.17, 15) is 9.59 Å².